The quantitative estimate of drug-likeness (QED) is 0.825. The van der Waals surface area contributed by atoms with Crippen molar-refractivity contribution in [1.82, 2.24) is 9.55 Å². The highest BCUT2D eigenvalue weighted by Crippen LogP contribution is 2.30. The number of imidazole rings is 1. The fourth-order valence-electron chi connectivity index (χ4n) is 1.71. The third-order valence-corrected chi connectivity index (χ3v) is 2.83. The molecule has 18 heavy (non-hydrogen) atoms. The van der Waals surface area contributed by atoms with Gasteiger partial charge in [0.25, 0.3) is 0 Å². The van der Waals surface area contributed by atoms with Crippen LogP contribution in [0.4, 0.5) is 10.1 Å². The smallest absolute Gasteiger partial charge is 0.222 e. The van der Waals surface area contributed by atoms with E-state index in [1.807, 2.05) is 0 Å². The Morgan fingerprint density at radius 1 is 1.50 bits per heavy atom. The van der Waals surface area contributed by atoms with E-state index in [4.69, 9.17) is 6.57 Å². The molecular weight excluding hydrogens is 233 g/mol. The highest BCUT2D eigenvalue weighted by molar-refractivity contribution is 5.49. The van der Waals surface area contributed by atoms with Crippen LogP contribution in [-0.4, -0.2) is 14.7 Å². The Morgan fingerprint density at radius 2 is 2.22 bits per heavy atom. The Morgan fingerprint density at radius 3 is 2.72 bits per heavy atom. The van der Waals surface area contributed by atoms with Crippen LogP contribution in [0.25, 0.3) is 4.85 Å². The Labute approximate surface area is 104 Å². The normalized spacial score (nSPS) is 13.9. The Kier molecular flexibility index (Phi) is 2.89. The molecule has 92 valence electrons. The number of aryl methyl sites for hydroxylation is 1. The predicted octanol–water partition coefficient (Wildman–Crippen LogP) is 2.37. The summed E-state index contributed by atoms with van der Waals surface area (Å²) in [6.07, 6.45) is 3.23. The summed E-state index contributed by atoms with van der Waals surface area (Å²) >= 11 is 0. The van der Waals surface area contributed by atoms with Crippen LogP contribution in [-0.2, 0) is 12.6 Å². The maximum absolute atomic E-state index is 13.6. The molecule has 1 unspecified atom stereocenters. The third kappa shape index (κ3) is 1.98. The van der Waals surface area contributed by atoms with Crippen LogP contribution in [0.1, 0.15) is 18.2 Å². The summed E-state index contributed by atoms with van der Waals surface area (Å²) in [5.41, 5.74) is -0.649. The van der Waals surface area contributed by atoms with Crippen molar-refractivity contribution < 1.29 is 9.50 Å². The molecule has 0 aliphatic rings. The molecule has 1 N–H and O–H groups in total. The van der Waals surface area contributed by atoms with Crippen LogP contribution in [0.15, 0.2) is 30.7 Å². The van der Waals surface area contributed by atoms with Crippen molar-refractivity contribution in [3.8, 4) is 0 Å². The van der Waals surface area contributed by atoms with Crippen LogP contribution in [0.5, 0.6) is 0 Å². The van der Waals surface area contributed by atoms with Crippen molar-refractivity contribution in [3.63, 3.8) is 0 Å². The molecule has 0 amide bonds. The molecule has 0 fully saturated rings. The van der Waals surface area contributed by atoms with Crippen LogP contribution in [0.3, 0.4) is 0 Å². The number of aromatic nitrogens is 2. The zero-order valence-electron chi connectivity index (χ0n) is 10.1. The van der Waals surface area contributed by atoms with E-state index in [0.717, 1.165) is 0 Å². The van der Waals surface area contributed by atoms with Gasteiger partial charge in [-0.2, -0.15) is 0 Å². The van der Waals surface area contributed by atoms with E-state index in [2.05, 4.69) is 9.83 Å². The second-order valence-corrected chi connectivity index (χ2v) is 4.27. The van der Waals surface area contributed by atoms with Crippen LogP contribution in [0.2, 0.25) is 0 Å². The minimum atomic E-state index is -1.39. The molecule has 4 nitrogen and oxygen atoms in total. The second-order valence-electron chi connectivity index (χ2n) is 4.27. The van der Waals surface area contributed by atoms with Crippen molar-refractivity contribution in [2.24, 2.45) is 7.05 Å². The maximum atomic E-state index is 13.6. The highest BCUT2D eigenvalue weighted by Gasteiger charge is 2.28. The molecule has 2 rings (SSSR count). The summed E-state index contributed by atoms with van der Waals surface area (Å²) in [6.45, 7) is 8.33. The minimum Gasteiger partial charge on any atom is -0.379 e. The first-order valence-electron chi connectivity index (χ1n) is 5.33. The summed E-state index contributed by atoms with van der Waals surface area (Å²) in [5.74, 6) is -0.640. The van der Waals surface area contributed by atoms with Gasteiger partial charge >= 0.3 is 0 Å². The number of benzene rings is 1. The fraction of sp³-hybridized carbons (Fsp3) is 0.231. The summed E-state index contributed by atoms with van der Waals surface area (Å²) in [4.78, 5) is 7.11. The zero-order valence-corrected chi connectivity index (χ0v) is 10.1. The van der Waals surface area contributed by atoms with Gasteiger partial charge < -0.3 is 9.67 Å². The standard InChI is InChI=1S/C13H12FN3O/c1-13(18,12-7-17(3)8-16-12)9-4-5-11(15-2)10(14)6-9/h4-8,18H,1,3H3. The maximum Gasteiger partial charge on any atom is 0.222 e. The van der Waals surface area contributed by atoms with Crippen molar-refractivity contribution in [3.05, 3.63) is 59.2 Å². The average Bonchev–Trinajstić information content (AvgIpc) is 2.76. The van der Waals surface area contributed by atoms with Gasteiger partial charge in [0.15, 0.2) is 0 Å². The van der Waals surface area contributed by atoms with Gasteiger partial charge in [-0.3, -0.25) is 0 Å². The topological polar surface area (TPSA) is 42.4 Å². The lowest BCUT2D eigenvalue weighted by Gasteiger charge is -2.21. The van der Waals surface area contributed by atoms with Crippen molar-refractivity contribution >= 4 is 5.69 Å². The van der Waals surface area contributed by atoms with E-state index in [0.29, 0.717) is 11.3 Å². The van der Waals surface area contributed by atoms with Crippen LogP contribution < -0.4 is 0 Å². The SMILES string of the molecule is [C-]#[N+]c1ccc(C(C)(O)c2cn(C)cn2)cc1F. The van der Waals surface area contributed by atoms with E-state index in [-0.39, 0.29) is 5.69 Å². The van der Waals surface area contributed by atoms with Crippen molar-refractivity contribution in [2.75, 3.05) is 0 Å². The van der Waals surface area contributed by atoms with Crippen LogP contribution in [0, 0.1) is 12.4 Å². The van der Waals surface area contributed by atoms with Crippen molar-refractivity contribution in [1.29, 1.82) is 0 Å². The molecule has 0 saturated heterocycles. The average molecular weight is 245 g/mol. The Hall–Kier alpha value is -2.19. The molecular formula is C13H12FN3O. The number of hydrogen-bond acceptors (Lipinski definition) is 2. The van der Waals surface area contributed by atoms with Gasteiger partial charge in [0.05, 0.1) is 18.6 Å². The van der Waals surface area contributed by atoms with Gasteiger partial charge in [-0.1, -0.05) is 12.1 Å². The second kappa shape index (κ2) is 4.24. The largest absolute Gasteiger partial charge is 0.379 e. The number of hydrogen-bond donors (Lipinski definition) is 1. The predicted molar refractivity (Wildman–Crippen MR) is 64.5 cm³/mol. The molecule has 0 radical (unpaired) electrons. The summed E-state index contributed by atoms with van der Waals surface area (Å²) in [5, 5.41) is 10.4. The molecule has 5 heteroatoms. The molecule has 1 aromatic heterocycles. The first-order chi connectivity index (χ1) is 8.45. The first kappa shape index (κ1) is 12.3. The summed E-state index contributed by atoms with van der Waals surface area (Å²) in [7, 11) is 1.79. The molecule has 1 aromatic carbocycles. The molecule has 0 spiro atoms. The molecule has 0 aliphatic heterocycles. The van der Waals surface area contributed by atoms with E-state index in [1.165, 1.54) is 18.2 Å². The molecule has 2 aromatic rings. The number of halogens is 1. The lowest BCUT2D eigenvalue weighted by Crippen LogP contribution is -2.23. The van der Waals surface area contributed by atoms with Gasteiger partial charge in [0.1, 0.15) is 11.4 Å². The number of nitrogens with zero attached hydrogens (tertiary/aromatic N) is 3. The van der Waals surface area contributed by atoms with Gasteiger partial charge in [0, 0.05) is 13.2 Å². The number of aliphatic hydroxyl groups is 1. The summed E-state index contributed by atoms with van der Waals surface area (Å²) in [6, 6.07) is 4.06. The Bertz CT molecular complexity index is 625. The summed E-state index contributed by atoms with van der Waals surface area (Å²) < 4.78 is 15.3. The van der Waals surface area contributed by atoms with E-state index in [9.17, 15) is 9.50 Å². The van der Waals surface area contributed by atoms with Gasteiger partial charge in [-0.15, -0.1) is 0 Å². The molecule has 0 aliphatic carbocycles. The molecule has 0 bridgehead atoms. The Balaban J connectivity index is 2.48. The first-order valence-corrected chi connectivity index (χ1v) is 5.33. The molecule has 1 heterocycles. The third-order valence-electron chi connectivity index (χ3n) is 2.83. The fourth-order valence-corrected chi connectivity index (χ4v) is 1.71. The van der Waals surface area contributed by atoms with E-state index < -0.39 is 11.4 Å². The molecule has 0 saturated carbocycles. The van der Waals surface area contributed by atoms with Crippen LogP contribution >= 0.6 is 0 Å². The molecule has 1 atom stereocenters. The van der Waals surface area contributed by atoms with Gasteiger partial charge in [-0.05, 0) is 18.6 Å². The monoisotopic (exact) mass is 245 g/mol. The zero-order chi connectivity index (χ0) is 13.3. The lowest BCUT2D eigenvalue weighted by molar-refractivity contribution is 0.0974. The van der Waals surface area contributed by atoms with E-state index >= 15 is 0 Å². The van der Waals surface area contributed by atoms with Crippen molar-refractivity contribution in [2.45, 2.75) is 12.5 Å². The lowest BCUT2D eigenvalue weighted by atomic mass is 9.93. The van der Waals surface area contributed by atoms with Gasteiger partial charge in [-0.25, -0.2) is 14.2 Å². The minimum absolute atomic E-state index is 0.0597. The van der Waals surface area contributed by atoms with Gasteiger partial charge in [0.2, 0.25) is 5.69 Å². The van der Waals surface area contributed by atoms with E-state index in [1.54, 1.807) is 31.1 Å². The number of rotatable bonds is 2. The highest BCUT2D eigenvalue weighted by atomic mass is 19.1.